The Morgan fingerprint density at radius 2 is 2.08 bits per heavy atom. The second kappa shape index (κ2) is 7.66. The van der Waals surface area contributed by atoms with Crippen molar-refractivity contribution in [3.63, 3.8) is 0 Å². The van der Waals surface area contributed by atoms with Gasteiger partial charge >= 0.3 is 0 Å². The van der Waals surface area contributed by atoms with Gasteiger partial charge in [0, 0.05) is 0 Å². The summed E-state index contributed by atoms with van der Waals surface area (Å²) >= 11 is 1.64. The first-order chi connectivity index (χ1) is 12.7. The summed E-state index contributed by atoms with van der Waals surface area (Å²) in [5.41, 5.74) is 1.06. The van der Waals surface area contributed by atoms with Crippen LogP contribution in [0.4, 0.5) is 0 Å². The van der Waals surface area contributed by atoms with E-state index in [1.54, 1.807) is 25.1 Å². The molecule has 1 unspecified atom stereocenters. The number of methoxy groups -OCH3 is 1. The molecular weight excluding hydrogens is 350 g/mol. The highest BCUT2D eigenvalue weighted by atomic mass is 32.2. The van der Waals surface area contributed by atoms with Crippen molar-refractivity contribution in [3.8, 4) is 11.5 Å². The number of rotatable bonds is 6. The molecule has 26 heavy (non-hydrogen) atoms. The fraction of sp³-hybridized carbons (Fsp3) is 0.450. The van der Waals surface area contributed by atoms with Crippen molar-refractivity contribution in [3.05, 3.63) is 47.9 Å². The van der Waals surface area contributed by atoms with Crippen LogP contribution in [0, 0.1) is 0 Å². The van der Waals surface area contributed by atoms with E-state index in [9.17, 15) is 4.79 Å². The first-order valence-corrected chi connectivity index (χ1v) is 10.1. The van der Waals surface area contributed by atoms with Crippen LogP contribution in [-0.2, 0) is 11.3 Å². The van der Waals surface area contributed by atoms with E-state index in [4.69, 9.17) is 13.9 Å². The molecule has 1 aliphatic carbocycles. The van der Waals surface area contributed by atoms with Crippen molar-refractivity contribution in [1.82, 2.24) is 4.90 Å². The molecule has 1 aliphatic heterocycles. The molecule has 138 valence electrons. The molecule has 1 atom stereocenters. The smallest absolute Gasteiger partial charge is 0.234 e. The molecule has 0 spiro atoms. The molecule has 0 N–H and O–H groups in total. The van der Waals surface area contributed by atoms with Crippen molar-refractivity contribution in [2.75, 3.05) is 12.9 Å². The van der Waals surface area contributed by atoms with Gasteiger partial charge in [-0.25, -0.2) is 0 Å². The Kier molecular flexibility index (Phi) is 5.11. The number of nitrogens with zero attached hydrogens (tertiary/aromatic N) is 1. The standard InChI is InChI=1S/C20H23NO4S/c1-23-17-9-8-14(11-18(17)25-15-5-2-3-6-15)20-21(19(22)13-26-20)12-16-7-4-10-24-16/h4,7-11,15,20H,2-3,5-6,12-13H2,1H3. The largest absolute Gasteiger partial charge is 0.493 e. The van der Waals surface area contributed by atoms with Crippen LogP contribution in [0.3, 0.4) is 0 Å². The van der Waals surface area contributed by atoms with Crippen molar-refractivity contribution < 1.29 is 18.7 Å². The van der Waals surface area contributed by atoms with E-state index < -0.39 is 0 Å². The van der Waals surface area contributed by atoms with Gasteiger partial charge in [0.25, 0.3) is 0 Å². The van der Waals surface area contributed by atoms with Crippen LogP contribution in [0.15, 0.2) is 41.0 Å². The lowest BCUT2D eigenvalue weighted by molar-refractivity contribution is -0.128. The molecule has 5 nitrogen and oxygen atoms in total. The topological polar surface area (TPSA) is 51.9 Å². The summed E-state index contributed by atoms with van der Waals surface area (Å²) in [7, 11) is 1.66. The SMILES string of the molecule is COc1ccc(C2SCC(=O)N2Cc2ccco2)cc1OC1CCCC1. The first-order valence-electron chi connectivity index (χ1n) is 9.02. The number of hydrogen-bond donors (Lipinski definition) is 0. The molecule has 1 amide bonds. The van der Waals surface area contributed by atoms with Gasteiger partial charge in [-0.2, -0.15) is 0 Å². The van der Waals surface area contributed by atoms with Crippen LogP contribution in [0.2, 0.25) is 0 Å². The van der Waals surface area contributed by atoms with Gasteiger partial charge in [-0.3, -0.25) is 4.79 Å². The number of amides is 1. The van der Waals surface area contributed by atoms with Gasteiger partial charge in [-0.05, 0) is 55.5 Å². The average Bonchev–Trinajstić information content (AvgIpc) is 3.40. The molecule has 4 rings (SSSR count). The Morgan fingerprint density at radius 1 is 1.23 bits per heavy atom. The van der Waals surface area contributed by atoms with E-state index in [2.05, 4.69) is 0 Å². The zero-order chi connectivity index (χ0) is 17.9. The molecule has 0 bridgehead atoms. The number of furan rings is 1. The summed E-state index contributed by atoms with van der Waals surface area (Å²) in [6.07, 6.45) is 6.52. The maximum absolute atomic E-state index is 12.4. The Morgan fingerprint density at radius 3 is 2.81 bits per heavy atom. The van der Waals surface area contributed by atoms with E-state index in [0.29, 0.717) is 12.3 Å². The minimum Gasteiger partial charge on any atom is -0.493 e. The van der Waals surface area contributed by atoms with Gasteiger partial charge in [-0.1, -0.05) is 6.07 Å². The van der Waals surface area contributed by atoms with Gasteiger partial charge in [0.05, 0.1) is 31.8 Å². The zero-order valence-corrected chi connectivity index (χ0v) is 15.7. The quantitative estimate of drug-likeness (QED) is 0.752. The molecule has 1 aromatic carbocycles. The van der Waals surface area contributed by atoms with Gasteiger partial charge in [0.2, 0.25) is 5.91 Å². The van der Waals surface area contributed by atoms with Crippen LogP contribution >= 0.6 is 11.8 Å². The lowest BCUT2D eigenvalue weighted by Crippen LogP contribution is -2.27. The molecule has 2 fully saturated rings. The number of hydrogen-bond acceptors (Lipinski definition) is 5. The summed E-state index contributed by atoms with van der Waals surface area (Å²) in [4.78, 5) is 14.2. The average molecular weight is 373 g/mol. The summed E-state index contributed by atoms with van der Waals surface area (Å²) in [5.74, 6) is 2.92. The summed E-state index contributed by atoms with van der Waals surface area (Å²) < 4.78 is 17.1. The fourth-order valence-electron chi connectivity index (χ4n) is 3.60. The Balaban J connectivity index is 1.58. The van der Waals surface area contributed by atoms with Crippen molar-refractivity contribution in [2.45, 2.75) is 43.7 Å². The van der Waals surface area contributed by atoms with Crippen LogP contribution in [0.25, 0.3) is 0 Å². The highest BCUT2D eigenvalue weighted by molar-refractivity contribution is 8.00. The summed E-state index contributed by atoms with van der Waals surface area (Å²) in [5, 5.41) is -0.0376. The number of carbonyl (C=O) groups excluding carboxylic acids is 1. The highest BCUT2D eigenvalue weighted by Crippen LogP contribution is 2.43. The van der Waals surface area contributed by atoms with E-state index >= 15 is 0 Å². The van der Waals surface area contributed by atoms with E-state index in [1.807, 2.05) is 35.2 Å². The normalized spacial score (nSPS) is 20.7. The van der Waals surface area contributed by atoms with Crippen molar-refractivity contribution in [1.29, 1.82) is 0 Å². The molecular formula is C20H23NO4S. The zero-order valence-electron chi connectivity index (χ0n) is 14.8. The van der Waals surface area contributed by atoms with Gasteiger partial charge < -0.3 is 18.8 Å². The highest BCUT2D eigenvalue weighted by Gasteiger charge is 2.34. The molecule has 1 aromatic heterocycles. The van der Waals surface area contributed by atoms with E-state index in [0.717, 1.165) is 35.7 Å². The third kappa shape index (κ3) is 3.56. The Hall–Kier alpha value is -2.08. The maximum atomic E-state index is 12.4. The minimum absolute atomic E-state index is 0.0376. The Labute approximate surface area is 157 Å². The minimum atomic E-state index is -0.0376. The molecule has 1 saturated carbocycles. The third-order valence-electron chi connectivity index (χ3n) is 4.94. The van der Waals surface area contributed by atoms with Gasteiger partial charge in [0.15, 0.2) is 11.5 Å². The van der Waals surface area contributed by atoms with E-state index in [-0.39, 0.29) is 17.4 Å². The van der Waals surface area contributed by atoms with Gasteiger partial charge in [0.1, 0.15) is 11.1 Å². The van der Waals surface area contributed by atoms with Crippen LogP contribution < -0.4 is 9.47 Å². The van der Waals surface area contributed by atoms with Crippen LogP contribution in [0.5, 0.6) is 11.5 Å². The Bertz CT molecular complexity index is 755. The van der Waals surface area contributed by atoms with Crippen LogP contribution in [0.1, 0.15) is 42.4 Å². The second-order valence-electron chi connectivity index (χ2n) is 6.70. The molecule has 2 aromatic rings. The lowest BCUT2D eigenvalue weighted by atomic mass is 10.1. The predicted molar refractivity (Wildman–Crippen MR) is 100 cm³/mol. The predicted octanol–water partition coefficient (Wildman–Crippen LogP) is 4.38. The van der Waals surface area contributed by atoms with Crippen molar-refractivity contribution in [2.24, 2.45) is 0 Å². The number of ether oxygens (including phenoxy) is 2. The van der Waals surface area contributed by atoms with Crippen molar-refractivity contribution >= 4 is 17.7 Å². The monoisotopic (exact) mass is 373 g/mol. The molecule has 2 heterocycles. The molecule has 2 aliphatic rings. The lowest BCUT2D eigenvalue weighted by Gasteiger charge is -2.24. The van der Waals surface area contributed by atoms with E-state index in [1.165, 1.54) is 12.8 Å². The first kappa shape index (κ1) is 17.3. The summed E-state index contributed by atoms with van der Waals surface area (Å²) in [6, 6.07) is 9.73. The third-order valence-corrected chi connectivity index (χ3v) is 6.20. The number of benzene rings is 1. The number of thioether (sulfide) groups is 1. The fourth-order valence-corrected chi connectivity index (χ4v) is 4.77. The van der Waals surface area contributed by atoms with Crippen LogP contribution in [-0.4, -0.2) is 29.8 Å². The number of carbonyl (C=O) groups is 1. The molecule has 6 heteroatoms. The molecule has 0 radical (unpaired) electrons. The summed E-state index contributed by atoms with van der Waals surface area (Å²) in [6.45, 7) is 0.481. The molecule has 1 saturated heterocycles. The van der Waals surface area contributed by atoms with Gasteiger partial charge in [-0.15, -0.1) is 11.8 Å². The second-order valence-corrected chi connectivity index (χ2v) is 7.77. The maximum Gasteiger partial charge on any atom is 0.234 e.